The van der Waals surface area contributed by atoms with Crippen LogP contribution >= 0.6 is 0 Å². The highest BCUT2D eigenvalue weighted by atomic mass is 28.4. The van der Waals surface area contributed by atoms with Crippen molar-refractivity contribution in [2.24, 2.45) is 5.11 Å². The molecule has 0 bridgehead atoms. The van der Waals surface area contributed by atoms with Gasteiger partial charge in [-0.3, -0.25) is 10.1 Å². The van der Waals surface area contributed by atoms with E-state index in [2.05, 4.69) is 56.9 Å². The Balaban J connectivity index is 1.50. The molecule has 0 aromatic heterocycles. The normalized spacial score (nSPS) is 23.7. The smallest absolute Gasteiger partial charge is 0.408 e. The Bertz CT molecular complexity index is 2600. The average Bonchev–Trinajstić information content (AvgIpc) is 3.38. The van der Waals surface area contributed by atoms with Crippen LogP contribution in [0, 0.1) is 10.1 Å². The highest BCUT2D eigenvalue weighted by Crippen LogP contribution is 2.44. The summed E-state index contributed by atoms with van der Waals surface area (Å²) in [6.07, 6.45) is -11.6. The number of carbonyl (C=O) groups excluding carboxylic acids is 2. The number of azide groups is 1. The summed E-state index contributed by atoms with van der Waals surface area (Å²) in [6, 6.07) is 32.9. The number of ether oxygens (including phenoxy) is 10. The molecular formula is C61H85N5O15Si. The van der Waals surface area contributed by atoms with Gasteiger partial charge in [0.1, 0.15) is 47.8 Å². The van der Waals surface area contributed by atoms with E-state index in [1.54, 1.807) is 41.5 Å². The number of esters is 1. The predicted molar refractivity (Wildman–Crippen MR) is 309 cm³/mol. The Hall–Kier alpha value is -5.81. The number of amides is 1. The lowest BCUT2D eigenvalue weighted by molar-refractivity contribution is -0.579. The van der Waals surface area contributed by atoms with E-state index < -0.39 is 110 Å². The van der Waals surface area contributed by atoms with Crippen molar-refractivity contribution >= 4 is 20.4 Å². The summed E-state index contributed by atoms with van der Waals surface area (Å²) in [7, 11) is -2.72. The summed E-state index contributed by atoms with van der Waals surface area (Å²) in [4.78, 5) is 44.0. The third kappa shape index (κ3) is 18.9. The van der Waals surface area contributed by atoms with Crippen molar-refractivity contribution in [2.75, 3.05) is 19.8 Å². The van der Waals surface area contributed by atoms with Crippen LogP contribution in [0.25, 0.3) is 10.4 Å². The largest absolute Gasteiger partial charge is 0.458 e. The summed E-state index contributed by atoms with van der Waals surface area (Å²) < 4.78 is 72.4. The van der Waals surface area contributed by atoms with Gasteiger partial charge in [0.15, 0.2) is 26.8 Å². The number of nitrogens with one attached hydrogen (secondary N) is 1. The quantitative estimate of drug-likeness (QED) is 0.0106. The molecule has 82 heavy (non-hydrogen) atoms. The molecular weight excluding hydrogens is 1070 g/mol. The molecule has 0 aliphatic carbocycles. The van der Waals surface area contributed by atoms with E-state index >= 15 is 0 Å². The molecule has 448 valence electrons. The molecule has 2 fully saturated rings. The van der Waals surface area contributed by atoms with Gasteiger partial charge in [-0.2, -0.15) is 0 Å². The first-order valence-electron chi connectivity index (χ1n) is 28.2. The van der Waals surface area contributed by atoms with Gasteiger partial charge in [-0.05, 0) is 86.0 Å². The van der Waals surface area contributed by atoms with Crippen molar-refractivity contribution in [3.63, 3.8) is 0 Å². The zero-order chi connectivity index (χ0) is 59.6. The minimum Gasteiger partial charge on any atom is -0.458 e. The van der Waals surface area contributed by atoms with Crippen molar-refractivity contribution in [3.05, 3.63) is 164 Å². The summed E-state index contributed by atoms with van der Waals surface area (Å²) in [5, 5.41) is 20.9. The Labute approximate surface area is 484 Å². The number of hydrogen-bond acceptors (Lipinski definition) is 16. The van der Waals surface area contributed by atoms with Crippen LogP contribution in [0.1, 0.15) is 105 Å². The van der Waals surface area contributed by atoms with E-state index in [9.17, 15) is 25.2 Å². The Morgan fingerprint density at radius 2 is 1.05 bits per heavy atom. The molecule has 0 radical (unpaired) electrons. The van der Waals surface area contributed by atoms with Crippen LogP contribution in [-0.2, 0) is 83.0 Å². The fraction of sp³-hybridized carbons (Fsp3) is 0.574. The second-order valence-electron chi connectivity index (χ2n) is 23.6. The molecule has 20 nitrogen and oxygen atoms in total. The number of rotatable bonds is 28. The first-order valence-corrected chi connectivity index (χ1v) is 30.3. The Kier molecular flexibility index (Phi) is 24.4. The minimum absolute atomic E-state index is 0.0364. The lowest BCUT2D eigenvalue weighted by Gasteiger charge is -2.49. The summed E-state index contributed by atoms with van der Waals surface area (Å²) >= 11 is 0. The minimum atomic E-state index is -2.72. The molecule has 1 N–H and O–H groups in total. The number of benzene rings is 4. The van der Waals surface area contributed by atoms with Gasteiger partial charge in [-0.25, -0.2) is 9.59 Å². The first-order chi connectivity index (χ1) is 39.0. The monoisotopic (exact) mass is 1160 g/mol. The Morgan fingerprint density at radius 1 is 0.622 bits per heavy atom. The molecule has 4 aromatic carbocycles. The van der Waals surface area contributed by atoms with Gasteiger partial charge in [0.25, 0.3) is 6.04 Å². The standard InChI is InChI=1S/C61H85N5O15Si/c1-40(2)82(41(3)4,42(5)6)76-39-49-53(73-35-45-29-21-15-22-30-45)55(51(66(69)70)58(78-49)75-37-47(56(67)80-60(7,8)9)63-59(68)81-61(10,11)12)79-57-50(64-65-62)54(74-36-46-31-23-16-24-32-46)52(72-34-44-27-19-14-20-28-44)48(77-57)38-71-33-43-25-17-13-18-26-43/h13-32,40-42,47-55,57-58H,33-39H2,1-12H3,(H,63,68)/t47-,48+,49+,50+,51+,52+,53-,54+,55+,57-,58-/m0/s1. The maximum Gasteiger partial charge on any atom is 0.408 e. The highest BCUT2D eigenvalue weighted by Gasteiger charge is 2.59. The first kappa shape index (κ1) is 65.3. The molecule has 2 aliphatic heterocycles. The van der Waals surface area contributed by atoms with Crippen LogP contribution in [-0.4, -0.2) is 124 Å². The molecule has 1 amide bonds. The van der Waals surface area contributed by atoms with Gasteiger partial charge >= 0.3 is 12.1 Å². The van der Waals surface area contributed by atoms with Crippen LogP contribution in [0.4, 0.5) is 4.79 Å². The zero-order valence-corrected chi connectivity index (χ0v) is 50.5. The lowest BCUT2D eigenvalue weighted by atomic mass is 9.94. The molecule has 4 aromatic rings. The third-order valence-corrected chi connectivity index (χ3v) is 20.3. The van der Waals surface area contributed by atoms with Gasteiger partial charge in [-0.15, -0.1) is 0 Å². The molecule has 0 unspecified atom stereocenters. The summed E-state index contributed by atoms with van der Waals surface area (Å²) in [5.41, 5.74) is 12.1. The van der Waals surface area contributed by atoms with Crippen LogP contribution < -0.4 is 5.32 Å². The maximum absolute atomic E-state index is 14.1. The maximum atomic E-state index is 14.1. The molecule has 2 heterocycles. The van der Waals surface area contributed by atoms with E-state index in [4.69, 9.17) is 51.8 Å². The van der Waals surface area contributed by atoms with Crippen molar-refractivity contribution in [1.29, 1.82) is 0 Å². The van der Waals surface area contributed by atoms with Crippen LogP contribution in [0.3, 0.4) is 0 Å². The second kappa shape index (κ2) is 30.7. The fourth-order valence-electron chi connectivity index (χ4n) is 10.7. The second-order valence-corrected chi connectivity index (χ2v) is 29.1. The van der Waals surface area contributed by atoms with Crippen LogP contribution in [0.2, 0.25) is 16.6 Å². The fourth-order valence-corrected chi connectivity index (χ4v) is 16.1. The van der Waals surface area contributed by atoms with Crippen molar-refractivity contribution in [1.82, 2.24) is 5.32 Å². The number of alkyl carbamates (subject to hydrolysis) is 1. The molecule has 11 atom stereocenters. The number of hydrogen-bond donors (Lipinski definition) is 1. The van der Waals surface area contributed by atoms with Gasteiger partial charge in [-0.1, -0.05) is 168 Å². The van der Waals surface area contributed by atoms with Crippen molar-refractivity contribution in [2.45, 2.75) is 205 Å². The predicted octanol–water partition coefficient (Wildman–Crippen LogP) is 11.6. The highest BCUT2D eigenvalue weighted by molar-refractivity contribution is 6.77. The van der Waals surface area contributed by atoms with Crippen molar-refractivity contribution < 1.29 is 66.3 Å². The number of nitrogens with zero attached hydrogens (tertiary/aromatic N) is 4. The molecule has 0 saturated carbocycles. The molecule has 21 heteroatoms. The van der Waals surface area contributed by atoms with Crippen LogP contribution in [0.5, 0.6) is 0 Å². The van der Waals surface area contributed by atoms with E-state index in [0.29, 0.717) is 0 Å². The topological polar surface area (TPSA) is 240 Å². The number of nitro groups is 1. The Morgan fingerprint density at radius 3 is 1.49 bits per heavy atom. The summed E-state index contributed by atoms with van der Waals surface area (Å²) in [6.45, 7) is 22.1. The SMILES string of the molecule is CC(C)[Si](OC[C@H]1O[C@H](OC[C@H](NC(=O)OC(C)(C)C)C(=O)OC(C)(C)C)[C@H]([N+](=O)[O-])[C@@H](O[C@@H]2O[C@H](COCc3ccccc3)[C@@H](OCc3ccccc3)[C@H](OCc3ccccc3)[C@H]2N=[N+]=[N-])[C@H]1OCc1ccccc1)(C(C)C)C(C)C. The van der Waals surface area contributed by atoms with Gasteiger partial charge in [0.2, 0.25) is 6.29 Å². The van der Waals surface area contributed by atoms with E-state index in [1.807, 2.05) is 121 Å². The lowest BCUT2D eigenvalue weighted by Crippen LogP contribution is -2.67. The molecule has 0 spiro atoms. The van der Waals surface area contributed by atoms with Crippen molar-refractivity contribution in [3.8, 4) is 0 Å². The molecule has 2 aliphatic rings. The van der Waals surface area contributed by atoms with Gasteiger partial charge < -0.3 is 57.1 Å². The van der Waals surface area contributed by atoms with Gasteiger partial charge in [0.05, 0.1) is 46.2 Å². The molecule has 2 saturated heterocycles. The van der Waals surface area contributed by atoms with E-state index in [0.717, 1.165) is 22.3 Å². The van der Waals surface area contributed by atoms with Crippen LogP contribution in [0.15, 0.2) is 126 Å². The zero-order valence-electron chi connectivity index (χ0n) is 49.5. The molecule has 6 rings (SSSR count). The van der Waals surface area contributed by atoms with Gasteiger partial charge in [0, 0.05) is 9.84 Å². The van der Waals surface area contributed by atoms with E-state index in [1.165, 1.54) is 0 Å². The number of carbonyl (C=O) groups is 2. The third-order valence-electron chi connectivity index (χ3n) is 14.2. The summed E-state index contributed by atoms with van der Waals surface area (Å²) in [5.74, 6) is -0.899. The average molecular weight is 1160 g/mol. The van der Waals surface area contributed by atoms with E-state index in [-0.39, 0.29) is 56.3 Å².